The maximum absolute atomic E-state index is 13.2. The minimum Gasteiger partial charge on any atom is -0.329 e. The lowest BCUT2D eigenvalue weighted by molar-refractivity contribution is 0.0708. The first kappa shape index (κ1) is 22.9. The van der Waals surface area contributed by atoms with E-state index in [1.165, 1.54) is 11.3 Å². The summed E-state index contributed by atoms with van der Waals surface area (Å²) in [7, 11) is 0. The standard InChI is InChI=1S/C25H19Cl2N7OS/c26-22-23(27)33(15-28-22)13-21-29-19(14-36-21)24-31-30-20-12-32(10-11-34(20)24)25(35)18-8-6-17(7-9-18)16-4-2-1-3-5-16/h1-9,14-15H,10-13H2. The minimum absolute atomic E-state index is 0.0165. The van der Waals surface area contributed by atoms with Gasteiger partial charge in [-0.05, 0) is 23.3 Å². The fourth-order valence-corrected chi connectivity index (χ4v) is 5.30. The SMILES string of the molecule is O=C(c1ccc(-c2ccccc2)cc1)N1CCn2c(nnc2-c2csc(Cn3cnc(Cl)c3Cl)n2)C1. The second-order valence-corrected chi connectivity index (χ2v) is 10.0. The number of hydrogen-bond acceptors (Lipinski definition) is 6. The normalized spacial score (nSPS) is 13.1. The summed E-state index contributed by atoms with van der Waals surface area (Å²) >= 11 is 13.6. The maximum Gasteiger partial charge on any atom is 0.254 e. The van der Waals surface area contributed by atoms with Crippen LogP contribution in [0.4, 0.5) is 0 Å². The van der Waals surface area contributed by atoms with Gasteiger partial charge in [0.25, 0.3) is 5.91 Å². The molecule has 0 N–H and O–H groups in total. The van der Waals surface area contributed by atoms with E-state index in [9.17, 15) is 4.79 Å². The van der Waals surface area contributed by atoms with Gasteiger partial charge in [0.2, 0.25) is 0 Å². The predicted molar refractivity (Wildman–Crippen MR) is 139 cm³/mol. The van der Waals surface area contributed by atoms with Crippen molar-refractivity contribution in [3.05, 3.63) is 93.0 Å². The number of carbonyl (C=O) groups is 1. The molecule has 1 amide bonds. The fourth-order valence-electron chi connectivity index (χ4n) is 4.22. The van der Waals surface area contributed by atoms with E-state index in [-0.39, 0.29) is 11.1 Å². The highest BCUT2D eigenvalue weighted by atomic mass is 35.5. The highest BCUT2D eigenvalue weighted by molar-refractivity contribution is 7.09. The number of amides is 1. The van der Waals surface area contributed by atoms with Crippen molar-refractivity contribution in [1.82, 2.24) is 34.2 Å². The molecule has 8 nitrogen and oxygen atoms in total. The monoisotopic (exact) mass is 535 g/mol. The molecule has 0 aliphatic carbocycles. The topological polar surface area (TPSA) is 81.7 Å². The van der Waals surface area contributed by atoms with E-state index in [0.717, 1.165) is 27.7 Å². The van der Waals surface area contributed by atoms with E-state index in [2.05, 4.69) is 27.3 Å². The van der Waals surface area contributed by atoms with Crippen LogP contribution in [0.15, 0.2) is 66.3 Å². The lowest BCUT2D eigenvalue weighted by atomic mass is 10.0. The largest absolute Gasteiger partial charge is 0.329 e. The Labute approximate surface area is 220 Å². The number of hydrogen-bond donors (Lipinski definition) is 0. The van der Waals surface area contributed by atoms with E-state index in [0.29, 0.717) is 42.7 Å². The van der Waals surface area contributed by atoms with Crippen LogP contribution in [-0.4, -0.2) is 46.7 Å². The Morgan fingerprint density at radius 3 is 2.50 bits per heavy atom. The molecule has 0 spiro atoms. The number of fused-ring (bicyclic) bond motifs is 1. The van der Waals surface area contributed by atoms with E-state index in [1.807, 2.05) is 57.3 Å². The molecule has 6 rings (SSSR count). The Morgan fingerprint density at radius 1 is 0.972 bits per heavy atom. The second-order valence-electron chi connectivity index (χ2n) is 8.34. The molecule has 5 aromatic rings. The molecule has 0 saturated carbocycles. The fraction of sp³-hybridized carbons (Fsp3) is 0.160. The average Bonchev–Trinajstić information content (AvgIpc) is 3.64. The third kappa shape index (κ3) is 4.30. The summed E-state index contributed by atoms with van der Waals surface area (Å²) in [5.74, 6) is 1.42. The van der Waals surface area contributed by atoms with Gasteiger partial charge in [0, 0.05) is 24.0 Å². The van der Waals surface area contributed by atoms with Gasteiger partial charge in [-0.25, -0.2) is 9.97 Å². The summed E-state index contributed by atoms with van der Waals surface area (Å²) in [5, 5.41) is 12.2. The van der Waals surface area contributed by atoms with E-state index in [1.54, 1.807) is 10.9 Å². The maximum atomic E-state index is 13.2. The minimum atomic E-state index is -0.0165. The van der Waals surface area contributed by atoms with Gasteiger partial charge in [-0.3, -0.25) is 4.79 Å². The molecule has 0 unspecified atom stereocenters. The lowest BCUT2D eigenvalue weighted by Crippen LogP contribution is -2.38. The second kappa shape index (κ2) is 9.50. The van der Waals surface area contributed by atoms with Crippen LogP contribution < -0.4 is 0 Å². The summed E-state index contributed by atoms with van der Waals surface area (Å²) in [4.78, 5) is 23.7. The Hall–Kier alpha value is -3.53. The van der Waals surface area contributed by atoms with Gasteiger partial charge in [0.05, 0.1) is 19.4 Å². The quantitative estimate of drug-likeness (QED) is 0.306. The Balaban J connectivity index is 1.16. The number of benzene rings is 2. The zero-order valence-corrected chi connectivity index (χ0v) is 21.2. The van der Waals surface area contributed by atoms with Crippen molar-refractivity contribution in [3.8, 4) is 22.6 Å². The number of thiazole rings is 1. The first-order valence-corrected chi connectivity index (χ1v) is 12.9. The van der Waals surface area contributed by atoms with Crippen molar-refractivity contribution < 1.29 is 4.79 Å². The van der Waals surface area contributed by atoms with Crippen LogP contribution in [0.5, 0.6) is 0 Å². The molecule has 0 saturated heterocycles. The van der Waals surface area contributed by atoms with Crippen molar-refractivity contribution >= 4 is 40.4 Å². The molecule has 0 fully saturated rings. The molecule has 2 aromatic carbocycles. The summed E-state index contributed by atoms with van der Waals surface area (Å²) in [6.45, 7) is 2.03. The third-order valence-electron chi connectivity index (χ3n) is 6.10. The molecule has 1 aliphatic heterocycles. The number of imidazole rings is 1. The molecule has 0 radical (unpaired) electrons. The van der Waals surface area contributed by atoms with Crippen molar-refractivity contribution in [2.24, 2.45) is 0 Å². The van der Waals surface area contributed by atoms with Crippen molar-refractivity contribution in [1.29, 1.82) is 0 Å². The molecule has 36 heavy (non-hydrogen) atoms. The van der Waals surface area contributed by atoms with Gasteiger partial charge >= 0.3 is 0 Å². The van der Waals surface area contributed by atoms with Crippen LogP contribution in [0, 0.1) is 0 Å². The zero-order valence-electron chi connectivity index (χ0n) is 18.9. The number of carbonyl (C=O) groups excluding carboxylic acids is 1. The molecule has 3 aromatic heterocycles. The van der Waals surface area contributed by atoms with Crippen molar-refractivity contribution in [2.75, 3.05) is 6.54 Å². The molecular weight excluding hydrogens is 517 g/mol. The summed E-state index contributed by atoms with van der Waals surface area (Å²) in [6.07, 6.45) is 1.59. The Bertz CT molecular complexity index is 1540. The third-order valence-corrected chi connectivity index (χ3v) is 7.70. The molecule has 180 valence electrons. The van der Waals surface area contributed by atoms with Gasteiger partial charge in [-0.2, -0.15) is 0 Å². The molecular formula is C25H19Cl2N7OS. The average molecular weight is 536 g/mol. The van der Waals surface area contributed by atoms with Crippen LogP contribution in [0.1, 0.15) is 21.2 Å². The van der Waals surface area contributed by atoms with Crippen LogP contribution in [0.2, 0.25) is 10.3 Å². The van der Waals surface area contributed by atoms with Crippen LogP contribution in [-0.2, 0) is 19.6 Å². The smallest absolute Gasteiger partial charge is 0.254 e. The molecule has 1 aliphatic rings. The number of nitrogens with zero attached hydrogens (tertiary/aromatic N) is 7. The first-order chi connectivity index (χ1) is 17.6. The van der Waals surface area contributed by atoms with Gasteiger partial charge in [0.1, 0.15) is 15.9 Å². The van der Waals surface area contributed by atoms with E-state index < -0.39 is 0 Å². The lowest BCUT2D eigenvalue weighted by Gasteiger charge is -2.27. The van der Waals surface area contributed by atoms with Crippen molar-refractivity contribution in [2.45, 2.75) is 19.6 Å². The van der Waals surface area contributed by atoms with Gasteiger partial charge < -0.3 is 14.0 Å². The molecule has 11 heteroatoms. The van der Waals surface area contributed by atoms with Gasteiger partial charge in [-0.15, -0.1) is 21.5 Å². The summed E-state index contributed by atoms with van der Waals surface area (Å²) in [5.41, 5.74) is 3.60. The molecule has 0 bridgehead atoms. The van der Waals surface area contributed by atoms with Crippen molar-refractivity contribution in [3.63, 3.8) is 0 Å². The molecule has 0 atom stereocenters. The zero-order chi connectivity index (χ0) is 24.6. The van der Waals surface area contributed by atoms with E-state index >= 15 is 0 Å². The van der Waals surface area contributed by atoms with Gasteiger partial charge in [0.15, 0.2) is 16.8 Å². The number of aromatic nitrogens is 6. The summed E-state index contributed by atoms with van der Waals surface area (Å²) in [6, 6.07) is 17.8. The highest BCUT2D eigenvalue weighted by Gasteiger charge is 2.26. The Morgan fingerprint density at radius 2 is 1.75 bits per heavy atom. The number of halogens is 2. The predicted octanol–water partition coefficient (Wildman–Crippen LogP) is 5.28. The van der Waals surface area contributed by atoms with Crippen LogP contribution in [0.3, 0.4) is 0 Å². The van der Waals surface area contributed by atoms with Crippen LogP contribution >= 0.6 is 34.5 Å². The summed E-state index contributed by atoms with van der Waals surface area (Å²) < 4.78 is 3.77. The number of rotatable bonds is 5. The molecule has 4 heterocycles. The Kier molecular flexibility index (Phi) is 6.04. The highest BCUT2D eigenvalue weighted by Crippen LogP contribution is 2.27. The van der Waals surface area contributed by atoms with Crippen LogP contribution in [0.25, 0.3) is 22.6 Å². The van der Waals surface area contributed by atoms with Gasteiger partial charge in [-0.1, -0.05) is 65.7 Å². The first-order valence-electron chi connectivity index (χ1n) is 11.2. The van der Waals surface area contributed by atoms with E-state index in [4.69, 9.17) is 28.2 Å².